The van der Waals surface area contributed by atoms with Gasteiger partial charge in [-0.05, 0) is 61.1 Å². The fourth-order valence-electron chi connectivity index (χ4n) is 6.69. The molecule has 36 heavy (non-hydrogen) atoms. The summed E-state index contributed by atoms with van der Waals surface area (Å²) in [6.07, 6.45) is 2.78. The van der Waals surface area contributed by atoms with Gasteiger partial charge in [0.05, 0.1) is 25.8 Å². The number of rotatable bonds is 6. The van der Waals surface area contributed by atoms with Gasteiger partial charge in [0.25, 0.3) is 0 Å². The average molecular weight is 489 g/mol. The van der Waals surface area contributed by atoms with Crippen LogP contribution in [0.3, 0.4) is 0 Å². The molecule has 2 heterocycles. The van der Waals surface area contributed by atoms with Crippen LogP contribution in [0.1, 0.15) is 41.4 Å². The van der Waals surface area contributed by atoms with Crippen LogP contribution in [0.2, 0.25) is 0 Å². The summed E-state index contributed by atoms with van der Waals surface area (Å²) in [4.78, 5) is 29.5. The van der Waals surface area contributed by atoms with Gasteiger partial charge in [-0.25, -0.2) is 0 Å². The number of piperidine rings is 1. The predicted octanol–water partition coefficient (Wildman–Crippen LogP) is 4.77. The smallest absolute Gasteiger partial charge is 0.310 e. The SMILES string of the molecule is CC[C@@H]1CN(C)[C@H]2Cc3c(n(CCc4cccc(OC)c4)c4ccccc34)C(=O)C[C@H]1C2C(=O)OC. The fraction of sp³-hybridized carbons (Fsp3) is 0.467. The Kier molecular flexibility index (Phi) is 6.89. The Morgan fingerprint density at radius 2 is 1.89 bits per heavy atom. The highest BCUT2D eigenvalue weighted by molar-refractivity contribution is 6.03. The highest BCUT2D eigenvalue weighted by atomic mass is 16.5. The summed E-state index contributed by atoms with van der Waals surface area (Å²) in [5.74, 6) is 0.783. The van der Waals surface area contributed by atoms with Crippen LogP contribution in [0, 0.1) is 17.8 Å². The number of likely N-dealkylation sites (N-methyl/N-ethyl adjacent to an activating group) is 1. The van der Waals surface area contributed by atoms with Gasteiger partial charge >= 0.3 is 5.97 Å². The molecule has 4 atom stereocenters. The number of fused-ring (bicyclic) bond motifs is 5. The normalized spacial score (nSPS) is 24.2. The number of aromatic nitrogens is 1. The molecular formula is C30H36N2O4. The minimum Gasteiger partial charge on any atom is -0.497 e. The minimum atomic E-state index is -0.297. The van der Waals surface area contributed by atoms with Crippen molar-refractivity contribution in [2.24, 2.45) is 17.8 Å². The number of carbonyl (C=O) groups excluding carboxylic acids is 2. The standard InChI is InChI=1S/C30H36N2O4/c1-5-20-18-31(2)26-16-24-22-11-6-7-12-25(22)32(14-13-19-9-8-10-21(15-19)35-3)29(24)27(33)17-23(20)28(26)30(34)36-4/h6-12,15,20,23,26,28H,5,13-14,16-18H2,1-4H3/t20-,23-,26+,28?/m1/s1. The molecule has 5 rings (SSSR count). The summed E-state index contributed by atoms with van der Waals surface area (Å²) in [5, 5.41) is 1.11. The number of benzene rings is 2. The van der Waals surface area contributed by atoms with Crippen LogP contribution >= 0.6 is 0 Å². The Labute approximate surface area is 213 Å². The number of nitrogens with zero attached hydrogens (tertiary/aromatic N) is 2. The van der Waals surface area contributed by atoms with Gasteiger partial charge in [-0.15, -0.1) is 0 Å². The van der Waals surface area contributed by atoms with E-state index in [0.717, 1.165) is 47.3 Å². The molecular weight excluding hydrogens is 452 g/mol. The van der Waals surface area contributed by atoms with Crippen LogP contribution in [0.15, 0.2) is 48.5 Å². The zero-order valence-corrected chi connectivity index (χ0v) is 21.7. The molecule has 3 aromatic rings. The third-order valence-electron chi connectivity index (χ3n) is 8.50. The van der Waals surface area contributed by atoms with Gasteiger partial charge < -0.3 is 18.9 Å². The molecule has 1 aliphatic heterocycles. The zero-order valence-electron chi connectivity index (χ0n) is 21.7. The number of carbonyl (C=O) groups is 2. The Morgan fingerprint density at radius 3 is 2.64 bits per heavy atom. The minimum absolute atomic E-state index is 0.00542. The number of hydrogen-bond acceptors (Lipinski definition) is 5. The van der Waals surface area contributed by atoms with E-state index in [2.05, 4.69) is 47.7 Å². The molecule has 1 aromatic heterocycles. The number of Topliss-reactive ketones (excluding diaryl/α,β-unsaturated/α-hetero) is 1. The molecule has 1 unspecified atom stereocenters. The molecule has 1 fully saturated rings. The number of ether oxygens (including phenoxy) is 2. The van der Waals surface area contributed by atoms with Crippen molar-refractivity contribution in [2.45, 2.75) is 45.2 Å². The first kappa shape index (κ1) is 24.6. The molecule has 1 aliphatic carbocycles. The Morgan fingerprint density at radius 1 is 1.08 bits per heavy atom. The lowest BCUT2D eigenvalue weighted by Gasteiger charge is -2.48. The summed E-state index contributed by atoms with van der Waals surface area (Å²) in [5.41, 5.74) is 4.15. The van der Waals surface area contributed by atoms with E-state index >= 15 is 0 Å². The number of methoxy groups -OCH3 is 2. The molecule has 2 bridgehead atoms. The van der Waals surface area contributed by atoms with E-state index in [1.54, 1.807) is 7.11 Å². The number of likely N-dealkylation sites (tertiary alicyclic amines) is 1. The Hall–Kier alpha value is -3.12. The lowest BCUT2D eigenvalue weighted by atomic mass is 9.67. The van der Waals surface area contributed by atoms with E-state index < -0.39 is 0 Å². The summed E-state index contributed by atoms with van der Waals surface area (Å²) in [6, 6.07) is 16.4. The summed E-state index contributed by atoms with van der Waals surface area (Å²) >= 11 is 0. The third kappa shape index (κ3) is 4.21. The number of esters is 1. The fourth-order valence-corrected chi connectivity index (χ4v) is 6.69. The van der Waals surface area contributed by atoms with Gasteiger partial charge in [-0.2, -0.15) is 0 Å². The van der Waals surface area contributed by atoms with Gasteiger partial charge in [-0.3, -0.25) is 9.59 Å². The van der Waals surface area contributed by atoms with E-state index in [1.165, 1.54) is 12.7 Å². The molecule has 6 heteroatoms. The maximum absolute atomic E-state index is 14.1. The van der Waals surface area contributed by atoms with Gasteiger partial charge in [0.1, 0.15) is 5.75 Å². The molecule has 2 aliphatic rings. The predicted molar refractivity (Wildman–Crippen MR) is 140 cm³/mol. The molecule has 0 N–H and O–H groups in total. The monoisotopic (exact) mass is 488 g/mol. The Bertz CT molecular complexity index is 1280. The van der Waals surface area contributed by atoms with Crippen molar-refractivity contribution < 1.29 is 19.1 Å². The molecule has 0 saturated carbocycles. The van der Waals surface area contributed by atoms with Gasteiger partial charge in [0, 0.05) is 36.5 Å². The molecule has 190 valence electrons. The lowest BCUT2D eigenvalue weighted by molar-refractivity contribution is -0.154. The lowest BCUT2D eigenvalue weighted by Crippen LogP contribution is -2.56. The van der Waals surface area contributed by atoms with Gasteiger partial charge in [-0.1, -0.05) is 43.7 Å². The van der Waals surface area contributed by atoms with E-state index in [4.69, 9.17) is 9.47 Å². The van der Waals surface area contributed by atoms with Gasteiger partial charge in [0.2, 0.25) is 0 Å². The van der Waals surface area contributed by atoms with Gasteiger partial charge in [0.15, 0.2) is 5.78 Å². The highest BCUT2D eigenvalue weighted by Crippen LogP contribution is 2.43. The average Bonchev–Trinajstić information content (AvgIpc) is 3.21. The first-order chi connectivity index (χ1) is 17.5. The number of ketones is 1. The van der Waals surface area contributed by atoms with Crippen molar-refractivity contribution in [1.29, 1.82) is 0 Å². The van der Waals surface area contributed by atoms with Crippen molar-refractivity contribution in [1.82, 2.24) is 9.47 Å². The molecule has 0 spiro atoms. The topological polar surface area (TPSA) is 60.8 Å². The number of aryl methyl sites for hydroxylation is 2. The van der Waals surface area contributed by atoms with Crippen LogP contribution in [-0.4, -0.2) is 55.1 Å². The summed E-state index contributed by atoms with van der Waals surface area (Å²) in [7, 11) is 5.26. The molecule has 0 amide bonds. The summed E-state index contributed by atoms with van der Waals surface area (Å²) < 4.78 is 12.9. The largest absolute Gasteiger partial charge is 0.497 e. The van der Waals surface area contributed by atoms with E-state index in [-0.39, 0.29) is 35.5 Å². The van der Waals surface area contributed by atoms with Crippen LogP contribution in [0.25, 0.3) is 10.9 Å². The number of para-hydroxylation sites is 1. The second-order valence-corrected chi connectivity index (χ2v) is 10.3. The van der Waals surface area contributed by atoms with Crippen LogP contribution < -0.4 is 4.74 Å². The molecule has 2 aromatic carbocycles. The number of hydrogen-bond donors (Lipinski definition) is 0. The van der Waals surface area contributed by atoms with E-state index in [1.807, 2.05) is 24.3 Å². The highest BCUT2D eigenvalue weighted by Gasteiger charge is 2.49. The van der Waals surface area contributed by atoms with Crippen molar-refractivity contribution >= 4 is 22.7 Å². The van der Waals surface area contributed by atoms with Crippen LogP contribution in [0.4, 0.5) is 0 Å². The van der Waals surface area contributed by atoms with Crippen LogP contribution in [0.5, 0.6) is 5.75 Å². The molecule has 6 nitrogen and oxygen atoms in total. The third-order valence-corrected chi connectivity index (χ3v) is 8.50. The van der Waals surface area contributed by atoms with Crippen molar-refractivity contribution in [3.05, 3.63) is 65.4 Å². The first-order valence-corrected chi connectivity index (χ1v) is 13.0. The quantitative estimate of drug-likeness (QED) is 0.468. The maximum atomic E-state index is 14.1. The Balaban J connectivity index is 1.61. The maximum Gasteiger partial charge on any atom is 0.310 e. The first-order valence-electron chi connectivity index (χ1n) is 13.0. The second kappa shape index (κ2) is 10.1. The van der Waals surface area contributed by atoms with Crippen molar-refractivity contribution in [3.8, 4) is 5.75 Å². The molecule has 0 radical (unpaired) electrons. The second-order valence-electron chi connectivity index (χ2n) is 10.3. The van der Waals surface area contributed by atoms with E-state index in [9.17, 15) is 9.59 Å². The van der Waals surface area contributed by atoms with Crippen LogP contribution in [-0.2, 0) is 28.9 Å². The zero-order chi connectivity index (χ0) is 25.4. The van der Waals surface area contributed by atoms with Crippen molar-refractivity contribution in [2.75, 3.05) is 27.8 Å². The van der Waals surface area contributed by atoms with Crippen molar-refractivity contribution in [3.63, 3.8) is 0 Å². The van der Waals surface area contributed by atoms with E-state index in [0.29, 0.717) is 19.4 Å². The summed E-state index contributed by atoms with van der Waals surface area (Å²) in [6.45, 7) is 3.76. The molecule has 1 saturated heterocycles.